The van der Waals surface area contributed by atoms with Gasteiger partial charge in [0.15, 0.2) is 6.04 Å². The predicted octanol–water partition coefficient (Wildman–Crippen LogP) is 11.2. The number of aliphatic imine (C=N–C) groups is 1. The predicted molar refractivity (Wildman–Crippen MR) is 468 cm³/mol. The number of isocyanates is 1. The number of rotatable bonds is 31. The average molecular weight is 2270 g/mol. The molecule has 5 aromatic heterocycles. The molecule has 0 spiro atoms. The van der Waals surface area contributed by atoms with Crippen LogP contribution in [0, 0.1) is 23.7 Å². The van der Waals surface area contributed by atoms with E-state index in [-0.39, 0.29) is 84.3 Å². The van der Waals surface area contributed by atoms with Crippen LogP contribution < -0.4 is 45.2 Å². The van der Waals surface area contributed by atoms with Crippen molar-refractivity contribution < 1.29 is 75.7 Å². The molecule has 108 heavy (non-hydrogen) atoms. The molecule has 7 rings (SSSR count). The number of amides is 8. The number of carbonyl (C=O) groups is 8. The number of methoxy groups -OCH3 is 2. The Kier molecular flexibility index (Phi) is 59.1. The van der Waals surface area contributed by atoms with Crippen LogP contribution in [0.1, 0.15) is 104 Å². The van der Waals surface area contributed by atoms with Crippen LogP contribution in [0.2, 0.25) is 0 Å². The monoisotopic (exact) mass is 2270 g/mol. The second kappa shape index (κ2) is 61.8. The third-order valence-corrected chi connectivity index (χ3v) is 18.4. The number of nitrogens with zero attached hydrogens (tertiary/aromatic N) is 9. The van der Waals surface area contributed by atoms with Crippen LogP contribution in [0.5, 0.6) is 0 Å². The molecule has 28 nitrogen and oxygen atoms in total. The number of hydrogen-bond acceptors (Lipinski definition) is 24. The number of thiazole rings is 5. The van der Waals surface area contributed by atoms with E-state index in [2.05, 4.69) is 146 Å². The number of alkyl carbamates (subject to hydrolysis) is 1. The summed E-state index contributed by atoms with van der Waals surface area (Å²) in [7, 11) is 9.49. The van der Waals surface area contributed by atoms with E-state index in [0.717, 1.165) is 37.2 Å². The third-order valence-electron chi connectivity index (χ3n) is 14.6. The summed E-state index contributed by atoms with van der Waals surface area (Å²) >= 11 is 17.0. The number of carboxylic acid groups (broad SMARTS) is 1. The van der Waals surface area contributed by atoms with Gasteiger partial charge >= 0.3 is 92.6 Å². The van der Waals surface area contributed by atoms with Gasteiger partial charge in [-0.3, -0.25) is 29.7 Å². The summed E-state index contributed by atoms with van der Waals surface area (Å²) < 4.78 is 14.6. The van der Waals surface area contributed by atoms with E-state index in [1.165, 1.54) is 80.3 Å². The topological polar surface area (TPSA) is 360 Å². The standard InChI is InChI=1S/C34H42N6O4S2.C12H19N3O3S.C11H17N3O3S.C7H11NO3.C5H8N2S.I3.I2.HI/c1-24(2)31(39-33(42)40(3)20-29-18-35-22-45-29)32(41)37-27(16-25-10-6-4-7-11-25)14-15-28(17-26-12-8-5-9-13-26)38-34(43)44-21-30-19-36-23-46-30;1-8(2)10(11(16)18-4)14-12(17)15(3)6-9-5-13-7-19-9;1-7(2)9(10(15)16)13-11(17)14(3)5-8-4-12-6-18-8;1-5(2)6(8-4-9)7(10)11-3;1-6-2-5-3-7-4-8-5;1-3-2;1-2;/h4-13,18-19,22-24,27-28,31H,14-17,20-21H2,1-3H3,(H,37,41)(H,38,43)(H,39,42);5,7-8,10H,6H2,1-4H3,(H,14,17);4,6-7,9H,5H2,1-3H3,(H,13,17)(H,15,16);5-6H,1-3H3;3-4,6H,2H2,1H3;;;1H/q;;;;;-1;;/t27-,28-,31+;10-;9-;6-;;;;/m1000..../s1. The average Bonchev–Trinajstić information content (AvgIpc) is 0.974. The Morgan fingerprint density at radius 1 is 0.528 bits per heavy atom. The maximum atomic E-state index is 13.7. The van der Waals surface area contributed by atoms with Gasteiger partial charge in [-0.25, -0.2) is 38.4 Å². The number of benzene rings is 2. The van der Waals surface area contributed by atoms with Gasteiger partial charge in [0.05, 0.1) is 66.3 Å². The molecule has 0 radical (unpaired) electrons. The number of ether oxygens (including phenoxy) is 3. The van der Waals surface area contributed by atoms with Gasteiger partial charge in [0, 0.05) is 127 Å². The maximum absolute atomic E-state index is 13.7. The van der Waals surface area contributed by atoms with Crippen molar-refractivity contribution in [2.75, 3.05) is 42.4 Å². The number of esters is 2. The van der Waals surface area contributed by atoms with Gasteiger partial charge in [-0.2, -0.15) is 4.99 Å². The third kappa shape index (κ3) is 45.1. The van der Waals surface area contributed by atoms with Crippen LogP contribution in [0.3, 0.4) is 0 Å². The van der Waals surface area contributed by atoms with Gasteiger partial charge in [0.2, 0.25) is 12.0 Å². The molecular weight excluding hydrogens is 2170 g/mol. The van der Waals surface area contributed by atoms with Crippen molar-refractivity contribution in [2.24, 2.45) is 28.7 Å². The molecule has 6 atom stereocenters. The van der Waals surface area contributed by atoms with E-state index in [1.54, 1.807) is 112 Å². The fourth-order valence-corrected chi connectivity index (χ4v) is 12.1. The second-order valence-electron chi connectivity index (χ2n) is 24.4. The van der Waals surface area contributed by atoms with Gasteiger partial charge in [-0.1, -0.05) is 116 Å². The molecule has 0 unspecified atom stereocenters. The Morgan fingerprint density at radius 2 is 0.880 bits per heavy atom. The van der Waals surface area contributed by atoms with Crippen molar-refractivity contribution in [3.63, 3.8) is 0 Å². The molecule has 0 fully saturated rings. The van der Waals surface area contributed by atoms with Gasteiger partial charge in [-0.05, 0) is 67.5 Å². The van der Waals surface area contributed by atoms with Crippen LogP contribution in [0.25, 0.3) is 0 Å². The van der Waals surface area contributed by atoms with Crippen molar-refractivity contribution in [1.82, 2.24) is 71.5 Å². The van der Waals surface area contributed by atoms with E-state index >= 15 is 0 Å². The molecule has 2 aromatic carbocycles. The van der Waals surface area contributed by atoms with Crippen LogP contribution in [0.4, 0.5) is 19.2 Å². The Labute approximate surface area is 723 Å². The zero-order valence-electron chi connectivity index (χ0n) is 62.4. The molecule has 0 aliphatic heterocycles. The van der Waals surface area contributed by atoms with E-state index < -0.39 is 54.2 Å². The van der Waals surface area contributed by atoms with E-state index in [0.29, 0.717) is 58.6 Å². The van der Waals surface area contributed by atoms with Crippen molar-refractivity contribution in [3.8, 4) is 0 Å². The first-order valence-electron chi connectivity index (χ1n) is 33.0. The van der Waals surface area contributed by atoms with E-state index in [9.17, 15) is 43.2 Å². The molecule has 0 saturated heterocycles. The first-order valence-corrected chi connectivity index (χ1v) is 56.2. The number of aliphatic carboxylic acids is 1. The fraction of sp³-hybridized carbons (Fsp3) is 0.478. The first kappa shape index (κ1) is 103. The summed E-state index contributed by atoms with van der Waals surface area (Å²) in [6.45, 7) is 17.0. The van der Waals surface area contributed by atoms with Gasteiger partial charge in [0.1, 0.15) is 24.7 Å². The second-order valence-corrected chi connectivity index (χ2v) is 45.5. The summed E-state index contributed by atoms with van der Waals surface area (Å²) in [5, 5.41) is 26.4. The Morgan fingerprint density at radius 3 is 1.20 bits per heavy atom. The van der Waals surface area contributed by atoms with E-state index in [4.69, 9.17) is 9.84 Å². The minimum absolute atomic E-state index is 0. The molecule has 0 bridgehead atoms. The van der Waals surface area contributed by atoms with Crippen LogP contribution >= 0.6 is 155 Å². The molecular formula is C69H98I6N15O13S5-. The summed E-state index contributed by atoms with van der Waals surface area (Å²) in [5.74, 6) is -2.58. The van der Waals surface area contributed by atoms with Crippen molar-refractivity contribution >= 4 is 209 Å². The minimum atomic E-state index is -1.02. The normalized spacial score (nSPS) is 11.9. The zero-order valence-corrected chi connectivity index (χ0v) is 79.6. The van der Waals surface area contributed by atoms with Crippen molar-refractivity contribution in [1.29, 1.82) is 0 Å². The summed E-state index contributed by atoms with van der Waals surface area (Å²) in [4.78, 5) is 139. The van der Waals surface area contributed by atoms with Gasteiger partial charge < -0.3 is 65.9 Å². The van der Waals surface area contributed by atoms with Gasteiger partial charge in [0.25, 0.3) is 0 Å². The molecule has 0 aliphatic rings. The van der Waals surface area contributed by atoms with Crippen molar-refractivity contribution in [2.45, 2.75) is 150 Å². The molecule has 0 saturated carbocycles. The molecule has 0 aliphatic carbocycles. The molecule has 39 heteroatoms. The van der Waals surface area contributed by atoms with Gasteiger partial charge in [-0.15, -0.1) is 80.7 Å². The summed E-state index contributed by atoms with van der Waals surface area (Å²) in [6, 6.07) is 15.5. The Hall–Kier alpha value is -4.73. The Bertz CT molecular complexity index is 3590. The molecule has 600 valence electrons. The Balaban J connectivity index is 0.00000151. The molecule has 7 N–H and O–H groups in total. The number of aromatic nitrogens is 5. The van der Waals surface area contributed by atoms with Crippen LogP contribution in [-0.2, 0) is 83.8 Å². The zero-order chi connectivity index (χ0) is 80.2. The molecule has 8 amide bonds. The first-order chi connectivity index (χ1) is 51.1. The fourth-order valence-electron chi connectivity index (χ4n) is 9.03. The summed E-state index contributed by atoms with van der Waals surface area (Å²) in [6.07, 6.45) is 11.9. The summed E-state index contributed by atoms with van der Waals surface area (Å²) in [5.41, 5.74) is 10.8. The quantitative estimate of drug-likeness (QED) is 0.00698. The molecule has 5 heterocycles. The number of carbonyl (C=O) groups excluding carboxylic acids is 8. The van der Waals surface area contributed by atoms with Crippen LogP contribution in [0.15, 0.2) is 124 Å². The number of halogens is 6. The number of hydrogen-bond donors (Lipinski definition) is 7. The number of carboxylic acids is 1. The number of urea groups is 3. The van der Waals surface area contributed by atoms with Crippen molar-refractivity contribution in [3.05, 3.63) is 155 Å². The van der Waals surface area contributed by atoms with Crippen LogP contribution in [-0.4, -0.2) is 177 Å². The van der Waals surface area contributed by atoms with E-state index in [1.807, 2.05) is 107 Å². The molecule has 7 aromatic rings. The number of nitrogens with one attached hydrogen (secondary N) is 6. The SMILES string of the molecule is CC(C)[C@H](NC(=O)N(C)Cc1cncs1)C(=O)N[C@H](CC[C@H](Cc1ccccc1)NC(=O)OCc1cncs1)Cc1ccccc1.CC(C)[C@H](NC(=O)N(C)Cc1cncs1)C(=O)O.CNCc1cncs1.COC(=O)[C@@H](N=C=O)C(C)C.COC(=O)[C@@H](NC(=O)N(C)Cc1cncs1)C(C)C.I.II.I[I-]I.